The van der Waals surface area contributed by atoms with E-state index in [0.29, 0.717) is 16.8 Å². The molecule has 34 heavy (non-hydrogen) atoms. The van der Waals surface area contributed by atoms with Crippen molar-refractivity contribution in [2.24, 2.45) is 0 Å². The summed E-state index contributed by atoms with van der Waals surface area (Å²) in [5.41, 5.74) is -1.40. The van der Waals surface area contributed by atoms with Crippen LogP contribution in [-0.4, -0.2) is 64.7 Å². The third-order valence-corrected chi connectivity index (χ3v) is 3.92. The molecule has 0 aromatic carbocycles. The van der Waals surface area contributed by atoms with Crippen molar-refractivity contribution in [1.29, 1.82) is 0 Å². The van der Waals surface area contributed by atoms with Gasteiger partial charge >= 0.3 is 42.1 Å². The van der Waals surface area contributed by atoms with E-state index in [-0.39, 0.29) is 0 Å². The van der Waals surface area contributed by atoms with Crippen LogP contribution in [0.4, 0.5) is 45.3 Å². The molecule has 3 atom stereocenters. The molecule has 0 radical (unpaired) electrons. The lowest BCUT2D eigenvalue weighted by Gasteiger charge is -2.19. The summed E-state index contributed by atoms with van der Waals surface area (Å²) in [5, 5.41) is 1.26. The van der Waals surface area contributed by atoms with Crippen LogP contribution in [0.5, 0.6) is 0 Å². The van der Waals surface area contributed by atoms with Gasteiger partial charge in [-0.15, -0.1) is 0 Å². The predicted octanol–water partition coefficient (Wildman–Crippen LogP) is 1.61. The highest BCUT2D eigenvalue weighted by Gasteiger charge is 2.48. The van der Waals surface area contributed by atoms with E-state index in [1.54, 1.807) is 0 Å². The average Bonchev–Trinajstić information content (AvgIpc) is 3.06. The number of halogens is 9. The van der Waals surface area contributed by atoms with Gasteiger partial charge in [-0.2, -0.15) is 44.5 Å². The van der Waals surface area contributed by atoms with Gasteiger partial charge in [-0.3, -0.25) is 9.36 Å². The molecule has 1 aromatic heterocycles. The molecule has 1 aliphatic heterocycles. The van der Waals surface area contributed by atoms with Gasteiger partial charge < -0.3 is 19.5 Å². The van der Waals surface area contributed by atoms with E-state index in [2.05, 4.69) is 14.5 Å². The van der Waals surface area contributed by atoms with Gasteiger partial charge in [-0.1, -0.05) is 0 Å². The Labute approximate surface area is 180 Å². The molecule has 19 heteroatoms. The molecule has 1 saturated heterocycles. The fourth-order valence-electron chi connectivity index (χ4n) is 2.48. The van der Waals surface area contributed by atoms with E-state index < -0.39 is 79.3 Å². The van der Waals surface area contributed by atoms with Crippen LogP contribution in [0.2, 0.25) is 0 Å². The zero-order valence-corrected chi connectivity index (χ0v) is 16.0. The molecule has 0 bridgehead atoms. The average molecular weight is 515 g/mol. The van der Waals surface area contributed by atoms with Crippen LogP contribution in [0.1, 0.15) is 12.6 Å². The predicted molar refractivity (Wildman–Crippen MR) is 84.7 cm³/mol. The Hall–Kier alpha value is -3.38. The molecule has 0 spiro atoms. The molecule has 1 amide bonds. The Morgan fingerprint density at radius 3 is 2.12 bits per heavy atom. The van der Waals surface area contributed by atoms with Gasteiger partial charge in [0.2, 0.25) is 0 Å². The summed E-state index contributed by atoms with van der Waals surface area (Å²) in [7, 11) is 0. The number of alkyl halides is 9. The van der Waals surface area contributed by atoms with Crippen molar-refractivity contribution >= 4 is 23.7 Å². The van der Waals surface area contributed by atoms with E-state index in [0.717, 1.165) is 0 Å². The molecule has 1 fully saturated rings. The van der Waals surface area contributed by atoms with Crippen LogP contribution in [0.3, 0.4) is 0 Å². The van der Waals surface area contributed by atoms with Crippen LogP contribution in [0.15, 0.2) is 17.1 Å². The minimum Gasteiger partial charge on any atom is -0.456 e. The van der Waals surface area contributed by atoms with Crippen molar-refractivity contribution in [3.63, 3.8) is 0 Å². The van der Waals surface area contributed by atoms with Crippen molar-refractivity contribution in [1.82, 2.24) is 9.55 Å². The molecule has 1 N–H and O–H groups in total. The summed E-state index contributed by atoms with van der Waals surface area (Å²) in [6.45, 7) is -1.34. The van der Waals surface area contributed by atoms with Gasteiger partial charge in [0.25, 0.3) is 0 Å². The van der Waals surface area contributed by atoms with Crippen molar-refractivity contribution in [2.45, 2.75) is 43.4 Å². The van der Waals surface area contributed by atoms with Crippen molar-refractivity contribution < 1.29 is 68.1 Å². The number of hydrogen-bond donors (Lipinski definition) is 1. The van der Waals surface area contributed by atoms with E-state index in [1.807, 2.05) is 0 Å². The second-order valence-corrected chi connectivity index (χ2v) is 6.36. The first-order valence-electron chi connectivity index (χ1n) is 8.54. The van der Waals surface area contributed by atoms with Gasteiger partial charge in [-0.25, -0.2) is 14.4 Å². The number of nitrogens with one attached hydrogen (secondary N) is 1. The normalized spacial score (nSPS) is 21.1. The number of carbonyl (C=O) groups excluding carboxylic acids is 3. The maximum Gasteiger partial charge on any atom is 0.490 e. The molecule has 0 saturated carbocycles. The first-order valence-corrected chi connectivity index (χ1v) is 8.54. The summed E-state index contributed by atoms with van der Waals surface area (Å²) < 4.78 is 125. The van der Waals surface area contributed by atoms with E-state index in [9.17, 15) is 58.7 Å². The Balaban J connectivity index is 2.22. The number of rotatable bonds is 5. The summed E-state index contributed by atoms with van der Waals surface area (Å²) in [5.74, 6) is -8.83. The number of esters is 2. The number of anilines is 1. The SMILES string of the molecule is O=C(Nc1ccn(C2CC(OC(=O)C(F)(F)F)C(COC(=O)C(F)(F)F)O2)c(=O)n1)C(F)(F)F. The minimum atomic E-state index is -5.51. The van der Waals surface area contributed by atoms with E-state index >= 15 is 0 Å². The third-order valence-electron chi connectivity index (χ3n) is 3.92. The molecule has 190 valence electrons. The monoisotopic (exact) mass is 515 g/mol. The number of ether oxygens (including phenoxy) is 3. The fourth-order valence-corrected chi connectivity index (χ4v) is 2.48. The molecular formula is C15H10F9N3O7. The summed E-state index contributed by atoms with van der Waals surface area (Å²) >= 11 is 0. The molecule has 2 rings (SSSR count). The number of aromatic nitrogens is 2. The van der Waals surface area contributed by atoms with Crippen LogP contribution in [0.25, 0.3) is 0 Å². The van der Waals surface area contributed by atoms with E-state index in [4.69, 9.17) is 4.74 Å². The maximum absolute atomic E-state index is 12.5. The second-order valence-electron chi connectivity index (χ2n) is 6.36. The highest BCUT2D eigenvalue weighted by molar-refractivity contribution is 5.94. The molecular weight excluding hydrogens is 505 g/mol. The second kappa shape index (κ2) is 9.47. The molecule has 3 unspecified atom stereocenters. The summed E-state index contributed by atoms with van der Waals surface area (Å²) in [6, 6.07) is 0.669. The number of nitrogens with zero attached hydrogens (tertiary/aromatic N) is 2. The molecule has 0 aliphatic carbocycles. The highest BCUT2D eigenvalue weighted by Crippen LogP contribution is 2.32. The first kappa shape index (κ1) is 26.9. The zero-order chi connectivity index (χ0) is 26.1. The standard InChI is InChI=1S/C15H10F9N3O7/c16-13(17,18)9(28)25-7-1-2-27(12(31)26-7)8-3-5(34-11(30)15(22,23)24)6(33-8)4-32-10(29)14(19,20)21/h1-2,5-6,8H,3-4H2,(H,25,26,28,31). The maximum atomic E-state index is 12.5. The summed E-state index contributed by atoms with van der Waals surface area (Å²) in [4.78, 5) is 48.0. The topological polar surface area (TPSA) is 126 Å². The van der Waals surface area contributed by atoms with Crippen LogP contribution < -0.4 is 11.0 Å². The minimum absolute atomic E-state index is 0.475. The number of amides is 1. The fraction of sp³-hybridized carbons (Fsp3) is 0.533. The van der Waals surface area contributed by atoms with Crippen molar-refractivity contribution in [3.05, 3.63) is 22.7 Å². The van der Waals surface area contributed by atoms with E-state index in [1.165, 1.54) is 5.32 Å². The molecule has 1 aliphatic rings. The lowest BCUT2D eigenvalue weighted by molar-refractivity contribution is -0.212. The number of carbonyl (C=O) groups is 3. The van der Waals surface area contributed by atoms with Gasteiger partial charge in [0, 0.05) is 12.6 Å². The van der Waals surface area contributed by atoms with Crippen molar-refractivity contribution in [2.75, 3.05) is 11.9 Å². The largest absolute Gasteiger partial charge is 0.490 e. The Kier molecular flexibility index (Phi) is 7.48. The molecule has 1 aromatic rings. The van der Waals surface area contributed by atoms with Crippen LogP contribution in [0, 0.1) is 0 Å². The molecule has 10 nitrogen and oxygen atoms in total. The highest BCUT2D eigenvalue weighted by atomic mass is 19.4. The lowest BCUT2D eigenvalue weighted by atomic mass is 10.2. The lowest BCUT2D eigenvalue weighted by Crippen LogP contribution is -2.37. The Morgan fingerprint density at radius 2 is 1.62 bits per heavy atom. The quantitative estimate of drug-likeness (QED) is 0.463. The molecule has 2 heterocycles. The Morgan fingerprint density at radius 1 is 1.03 bits per heavy atom. The van der Waals surface area contributed by atoms with Gasteiger partial charge in [-0.05, 0) is 6.07 Å². The van der Waals surface area contributed by atoms with Gasteiger partial charge in [0.1, 0.15) is 30.9 Å². The smallest absolute Gasteiger partial charge is 0.456 e. The van der Waals surface area contributed by atoms with Crippen LogP contribution in [-0.2, 0) is 28.6 Å². The van der Waals surface area contributed by atoms with Gasteiger partial charge in [0.05, 0.1) is 0 Å². The van der Waals surface area contributed by atoms with Crippen LogP contribution >= 0.6 is 0 Å². The number of hydrogen-bond acceptors (Lipinski definition) is 8. The van der Waals surface area contributed by atoms with Crippen molar-refractivity contribution in [3.8, 4) is 0 Å². The first-order chi connectivity index (χ1) is 15.4. The Bertz CT molecular complexity index is 1000. The zero-order valence-electron chi connectivity index (χ0n) is 16.0. The third kappa shape index (κ3) is 6.81. The summed E-state index contributed by atoms with van der Waals surface area (Å²) in [6.07, 6.45) is -21.9. The van der Waals surface area contributed by atoms with Gasteiger partial charge in [0.15, 0.2) is 0 Å².